The molecular weight excluding hydrogens is 256 g/mol. The lowest BCUT2D eigenvalue weighted by Crippen LogP contribution is -2.24. The van der Waals surface area contributed by atoms with Crippen molar-refractivity contribution < 1.29 is 14.7 Å². The van der Waals surface area contributed by atoms with E-state index in [4.69, 9.17) is 10.8 Å². The van der Waals surface area contributed by atoms with Gasteiger partial charge in [-0.05, 0) is 37.0 Å². The monoisotopic (exact) mass is 278 g/mol. The molecule has 1 aromatic carbocycles. The standard InChI is InChI=1S/C15H22N2O3/c16-13-6-4-5-12(11-13)8-9-14(18)17-10-3-1-2-7-15(19)20/h4-6,11H,1-3,7-10,16H2,(H,17,18)(H,19,20). The highest BCUT2D eigenvalue weighted by atomic mass is 16.4. The molecule has 0 aliphatic rings. The molecule has 0 radical (unpaired) electrons. The number of amides is 1. The third-order valence-electron chi connectivity index (χ3n) is 2.98. The predicted octanol–water partition coefficient (Wildman–Crippen LogP) is 1.96. The van der Waals surface area contributed by atoms with E-state index in [0.29, 0.717) is 31.5 Å². The van der Waals surface area contributed by atoms with Crippen molar-refractivity contribution in [3.8, 4) is 0 Å². The van der Waals surface area contributed by atoms with Gasteiger partial charge in [0, 0.05) is 25.1 Å². The molecule has 0 aromatic heterocycles. The number of benzene rings is 1. The van der Waals surface area contributed by atoms with Gasteiger partial charge >= 0.3 is 5.97 Å². The molecule has 20 heavy (non-hydrogen) atoms. The van der Waals surface area contributed by atoms with Crippen LogP contribution in [0.15, 0.2) is 24.3 Å². The quantitative estimate of drug-likeness (QED) is 0.475. The number of hydrogen-bond donors (Lipinski definition) is 3. The minimum Gasteiger partial charge on any atom is -0.481 e. The molecule has 5 heteroatoms. The van der Waals surface area contributed by atoms with E-state index in [9.17, 15) is 9.59 Å². The Kier molecular flexibility index (Phi) is 7.17. The maximum atomic E-state index is 11.6. The van der Waals surface area contributed by atoms with Crippen LogP contribution in [-0.2, 0) is 16.0 Å². The van der Waals surface area contributed by atoms with Gasteiger partial charge in [-0.25, -0.2) is 0 Å². The highest BCUT2D eigenvalue weighted by Gasteiger charge is 2.02. The molecule has 0 unspecified atom stereocenters. The number of carbonyl (C=O) groups is 2. The van der Waals surface area contributed by atoms with Gasteiger partial charge in [-0.1, -0.05) is 18.6 Å². The van der Waals surface area contributed by atoms with Crippen LogP contribution in [0.1, 0.15) is 37.7 Å². The molecule has 0 atom stereocenters. The molecule has 0 saturated heterocycles. The summed E-state index contributed by atoms with van der Waals surface area (Å²) in [6.07, 6.45) is 3.62. The highest BCUT2D eigenvalue weighted by Crippen LogP contribution is 2.08. The number of aryl methyl sites for hydroxylation is 1. The fourth-order valence-electron chi connectivity index (χ4n) is 1.90. The number of nitrogen functional groups attached to an aromatic ring is 1. The zero-order valence-electron chi connectivity index (χ0n) is 11.6. The summed E-state index contributed by atoms with van der Waals surface area (Å²) in [6.45, 7) is 0.607. The van der Waals surface area contributed by atoms with Gasteiger partial charge in [-0.15, -0.1) is 0 Å². The van der Waals surface area contributed by atoms with Crippen molar-refractivity contribution in [2.75, 3.05) is 12.3 Å². The van der Waals surface area contributed by atoms with Gasteiger partial charge in [-0.2, -0.15) is 0 Å². The highest BCUT2D eigenvalue weighted by molar-refractivity contribution is 5.76. The summed E-state index contributed by atoms with van der Waals surface area (Å²) in [6, 6.07) is 7.53. The molecule has 4 N–H and O–H groups in total. The van der Waals surface area contributed by atoms with Crippen LogP contribution in [-0.4, -0.2) is 23.5 Å². The molecule has 0 aliphatic heterocycles. The van der Waals surface area contributed by atoms with Crippen LogP contribution in [0.25, 0.3) is 0 Å². The predicted molar refractivity (Wildman–Crippen MR) is 78.3 cm³/mol. The van der Waals surface area contributed by atoms with Crippen molar-refractivity contribution in [1.29, 1.82) is 0 Å². The summed E-state index contributed by atoms with van der Waals surface area (Å²) in [5.41, 5.74) is 7.44. The van der Waals surface area contributed by atoms with Gasteiger partial charge in [0.15, 0.2) is 0 Å². The molecule has 1 aromatic rings. The number of nitrogens with two attached hydrogens (primary N) is 1. The molecule has 5 nitrogen and oxygen atoms in total. The topological polar surface area (TPSA) is 92.4 Å². The number of carbonyl (C=O) groups excluding carboxylic acids is 1. The maximum Gasteiger partial charge on any atom is 0.303 e. The fraction of sp³-hybridized carbons (Fsp3) is 0.467. The lowest BCUT2D eigenvalue weighted by atomic mass is 10.1. The van der Waals surface area contributed by atoms with Gasteiger partial charge < -0.3 is 16.2 Å². The molecule has 0 spiro atoms. The van der Waals surface area contributed by atoms with E-state index >= 15 is 0 Å². The van der Waals surface area contributed by atoms with Crippen molar-refractivity contribution in [1.82, 2.24) is 5.32 Å². The van der Waals surface area contributed by atoms with Gasteiger partial charge in [0.1, 0.15) is 0 Å². The van der Waals surface area contributed by atoms with Gasteiger partial charge in [-0.3, -0.25) is 9.59 Å². The number of carboxylic acid groups (broad SMARTS) is 1. The van der Waals surface area contributed by atoms with E-state index < -0.39 is 5.97 Å². The molecule has 0 fully saturated rings. The Morgan fingerprint density at radius 1 is 1.15 bits per heavy atom. The average Bonchev–Trinajstić information content (AvgIpc) is 2.40. The molecule has 0 bridgehead atoms. The molecule has 110 valence electrons. The van der Waals surface area contributed by atoms with Crippen LogP contribution < -0.4 is 11.1 Å². The van der Waals surface area contributed by atoms with Crippen molar-refractivity contribution in [3.63, 3.8) is 0 Å². The third-order valence-corrected chi connectivity index (χ3v) is 2.98. The normalized spacial score (nSPS) is 10.2. The van der Waals surface area contributed by atoms with E-state index in [1.54, 1.807) is 0 Å². The van der Waals surface area contributed by atoms with Gasteiger partial charge in [0.05, 0.1) is 0 Å². The van der Waals surface area contributed by atoms with E-state index in [1.165, 1.54) is 0 Å². The Morgan fingerprint density at radius 3 is 2.65 bits per heavy atom. The molecule has 0 aliphatic carbocycles. The van der Waals surface area contributed by atoms with Crippen molar-refractivity contribution >= 4 is 17.6 Å². The number of anilines is 1. The van der Waals surface area contributed by atoms with Crippen LogP contribution >= 0.6 is 0 Å². The summed E-state index contributed by atoms with van der Waals surface area (Å²) in [5.74, 6) is -0.748. The summed E-state index contributed by atoms with van der Waals surface area (Å²) in [7, 11) is 0. The van der Waals surface area contributed by atoms with E-state index in [1.807, 2.05) is 24.3 Å². The maximum absolute atomic E-state index is 11.6. The minimum absolute atomic E-state index is 0.0191. The van der Waals surface area contributed by atoms with Crippen molar-refractivity contribution in [3.05, 3.63) is 29.8 Å². The Bertz CT molecular complexity index is 446. The van der Waals surface area contributed by atoms with Crippen LogP contribution in [0.4, 0.5) is 5.69 Å². The molecule has 1 amide bonds. The number of aliphatic carboxylic acids is 1. The summed E-state index contributed by atoms with van der Waals surface area (Å²) in [5, 5.41) is 11.3. The fourth-order valence-corrected chi connectivity index (χ4v) is 1.90. The van der Waals surface area contributed by atoms with Crippen LogP contribution in [0.2, 0.25) is 0 Å². The number of carboxylic acids is 1. The van der Waals surface area contributed by atoms with E-state index in [-0.39, 0.29) is 12.3 Å². The number of unbranched alkanes of at least 4 members (excludes halogenated alkanes) is 2. The second kappa shape index (κ2) is 8.96. The number of hydrogen-bond acceptors (Lipinski definition) is 3. The number of nitrogens with one attached hydrogen (secondary N) is 1. The lowest BCUT2D eigenvalue weighted by molar-refractivity contribution is -0.137. The first-order valence-corrected chi connectivity index (χ1v) is 6.91. The molecular formula is C15H22N2O3. The first-order chi connectivity index (χ1) is 9.58. The summed E-state index contributed by atoms with van der Waals surface area (Å²) in [4.78, 5) is 21.9. The second-order valence-electron chi connectivity index (χ2n) is 4.80. The van der Waals surface area contributed by atoms with E-state index in [0.717, 1.165) is 18.4 Å². The van der Waals surface area contributed by atoms with Crippen LogP contribution in [0.5, 0.6) is 0 Å². The average molecular weight is 278 g/mol. The molecule has 0 heterocycles. The SMILES string of the molecule is Nc1cccc(CCC(=O)NCCCCCC(=O)O)c1. The van der Waals surface area contributed by atoms with Gasteiger partial charge in [0.25, 0.3) is 0 Å². The van der Waals surface area contributed by atoms with Crippen LogP contribution in [0, 0.1) is 0 Å². The summed E-state index contributed by atoms with van der Waals surface area (Å²) < 4.78 is 0. The Balaban J connectivity index is 2.07. The van der Waals surface area contributed by atoms with Crippen molar-refractivity contribution in [2.45, 2.75) is 38.5 Å². The molecule has 1 rings (SSSR count). The zero-order chi connectivity index (χ0) is 14.8. The van der Waals surface area contributed by atoms with Crippen LogP contribution in [0.3, 0.4) is 0 Å². The Morgan fingerprint density at radius 2 is 1.95 bits per heavy atom. The van der Waals surface area contributed by atoms with E-state index in [2.05, 4.69) is 5.32 Å². The van der Waals surface area contributed by atoms with Crippen molar-refractivity contribution in [2.24, 2.45) is 0 Å². The smallest absolute Gasteiger partial charge is 0.303 e. The largest absolute Gasteiger partial charge is 0.481 e. The summed E-state index contributed by atoms with van der Waals surface area (Å²) >= 11 is 0. The first kappa shape index (κ1) is 16.0. The zero-order valence-corrected chi connectivity index (χ0v) is 11.6. The minimum atomic E-state index is -0.767. The second-order valence-corrected chi connectivity index (χ2v) is 4.80. The third kappa shape index (κ3) is 7.41. The lowest BCUT2D eigenvalue weighted by Gasteiger charge is -2.05. The number of rotatable bonds is 9. The first-order valence-electron chi connectivity index (χ1n) is 6.91. The Hall–Kier alpha value is -2.04. The Labute approximate surface area is 119 Å². The van der Waals surface area contributed by atoms with Gasteiger partial charge in [0.2, 0.25) is 5.91 Å². The molecule has 0 saturated carbocycles.